The first-order valence-electron chi connectivity index (χ1n) is 11.8. The molecule has 2 heterocycles. The molecule has 0 spiro atoms. The van der Waals surface area contributed by atoms with Crippen LogP contribution in [0.3, 0.4) is 0 Å². The predicted octanol–water partition coefficient (Wildman–Crippen LogP) is 7.80. The summed E-state index contributed by atoms with van der Waals surface area (Å²) < 4.78 is 15.3. The first kappa shape index (κ1) is 24.3. The summed E-state index contributed by atoms with van der Waals surface area (Å²) in [6.45, 7) is 0.402. The second kappa shape index (κ2) is 10.4. The van der Waals surface area contributed by atoms with Gasteiger partial charge in [0, 0.05) is 19.9 Å². The van der Waals surface area contributed by atoms with Crippen LogP contribution in [0.25, 0.3) is 33.5 Å². The van der Waals surface area contributed by atoms with Crippen molar-refractivity contribution >= 4 is 59.9 Å². The summed E-state index contributed by atoms with van der Waals surface area (Å²) in [5.74, 6) is 1.47. The van der Waals surface area contributed by atoms with Crippen LogP contribution in [0.15, 0.2) is 120 Å². The van der Waals surface area contributed by atoms with Gasteiger partial charge in [-0.25, -0.2) is 4.98 Å². The summed E-state index contributed by atoms with van der Waals surface area (Å²) in [4.78, 5) is 18.2. The maximum Gasteiger partial charge on any atom is 0.282 e. The van der Waals surface area contributed by atoms with Crippen molar-refractivity contribution < 1.29 is 9.15 Å². The average Bonchev–Trinajstić information content (AvgIpc) is 3.36. The van der Waals surface area contributed by atoms with Crippen molar-refractivity contribution in [1.82, 2.24) is 9.66 Å². The first-order valence-corrected chi connectivity index (χ1v) is 13.4. The molecule has 8 heteroatoms. The van der Waals surface area contributed by atoms with Crippen LogP contribution in [0.4, 0.5) is 0 Å². The largest absolute Gasteiger partial charge is 0.489 e. The number of nitrogens with zero attached hydrogens (tertiary/aromatic N) is 3. The monoisotopic (exact) mass is 627 g/mol. The van der Waals surface area contributed by atoms with Crippen molar-refractivity contribution in [2.24, 2.45) is 5.10 Å². The fraction of sp³-hybridized carbons (Fsp3) is 0.0333. The third-order valence-corrected chi connectivity index (χ3v) is 7.22. The Labute approximate surface area is 234 Å². The number of furan rings is 1. The lowest BCUT2D eigenvalue weighted by Gasteiger charge is -2.09. The van der Waals surface area contributed by atoms with Crippen LogP contribution < -0.4 is 10.3 Å². The highest BCUT2D eigenvalue weighted by Crippen LogP contribution is 2.27. The molecule has 4 aromatic carbocycles. The van der Waals surface area contributed by atoms with Crippen molar-refractivity contribution in [1.29, 1.82) is 0 Å². The van der Waals surface area contributed by atoms with Gasteiger partial charge in [-0.15, -0.1) is 0 Å². The second-order valence-electron chi connectivity index (χ2n) is 8.56. The number of aromatic nitrogens is 2. The van der Waals surface area contributed by atoms with E-state index in [1.807, 2.05) is 91.0 Å². The van der Waals surface area contributed by atoms with Crippen molar-refractivity contribution in [2.45, 2.75) is 6.61 Å². The van der Waals surface area contributed by atoms with E-state index in [2.05, 4.69) is 37.0 Å². The molecule has 0 unspecified atom stereocenters. The molecule has 38 heavy (non-hydrogen) atoms. The summed E-state index contributed by atoms with van der Waals surface area (Å²) in [5, 5.41) is 5.94. The van der Waals surface area contributed by atoms with E-state index in [-0.39, 0.29) is 5.56 Å². The van der Waals surface area contributed by atoms with Gasteiger partial charge < -0.3 is 9.15 Å². The Kier molecular flexibility index (Phi) is 6.66. The molecule has 6 aromatic rings. The summed E-state index contributed by atoms with van der Waals surface area (Å²) in [6.07, 6.45) is 1.62. The number of rotatable bonds is 6. The van der Waals surface area contributed by atoms with Crippen molar-refractivity contribution in [3.8, 4) is 17.3 Å². The van der Waals surface area contributed by atoms with Crippen LogP contribution in [0, 0.1) is 0 Å². The normalized spacial score (nSPS) is 11.5. The van der Waals surface area contributed by atoms with Crippen LogP contribution in [0.1, 0.15) is 11.1 Å². The quantitative estimate of drug-likeness (QED) is 0.177. The van der Waals surface area contributed by atoms with Crippen LogP contribution >= 0.6 is 31.9 Å². The Balaban J connectivity index is 1.36. The van der Waals surface area contributed by atoms with Gasteiger partial charge in [0.2, 0.25) is 5.82 Å². The highest BCUT2D eigenvalue weighted by Gasteiger charge is 2.16. The Hall–Kier alpha value is -4.01. The smallest absolute Gasteiger partial charge is 0.282 e. The van der Waals surface area contributed by atoms with Crippen LogP contribution in [0.5, 0.6) is 5.75 Å². The zero-order valence-corrected chi connectivity index (χ0v) is 23.0. The number of para-hydroxylation sites is 2. The molecule has 0 bridgehead atoms. The molecular weight excluding hydrogens is 610 g/mol. The molecule has 0 aliphatic heterocycles. The lowest BCUT2D eigenvalue weighted by atomic mass is 10.2. The van der Waals surface area contributed by atoms with Gasteiger partial charge in [0.15, 0.2) is 5.76 Å². The van der Waals surface area contributed by atoms with Crippen molar-refractivity contribution in [3.63, 3.8) is 0 Å². The molecule has 0 radical (unpaired) electrons. The molecule has 0 saturated carbocycles. The molecule has 0 atom stereocenters. The van der Waals surface area contributed by atoms with Gasteiger partial charge in [-0.2, -0.15) is 9.78 Å². The van der Waals surface area contributed by atoms with Gasteiger partial charge in [0.1, 0.15) is 17.9 Å². The molecule has 0 aliphatic rings. The van der Waals surface area contributed by atoms with Gasteiger partial charge >= 0.3 is 0 Å². The number of hydrogen-bond acceptors (Lipinski definition) is 5. The third-order valence-electron chi connectivity index (χ3n) is 5.99. The summed E-state index contributed by atoms with van der Waals surface area (Å²) in [5.41, 5.74) is 2.80. The maximum atomic E-state index is 13.5. The first-order chi connectivity index (χ1) is 18.5. The Morgan fingerprint density at radius 3 is 2.63 bits per heavy atom. The highest BCUT2D eigenvalue weighted by atomic mass is 79.9. The minimum atomic E-state index is -0.283. The van der Waals surface area contributed by atoms with E-state index >= 15 is 0 Å². The zero-order valence-electron chi connectivity index (χ0n) is 19.8. The molecule has 6 nitrogen and oxygen atoms in total. The van der Waals surface area contributed by atoms with Crippen molar-refractivity contribution in [2.75, 3.05) is 0 Å². The standard InChI is InChI=1S/C30H19Br2N3O3/c31-22-13-12-21(25(32)16-22)18-37-23-8-5-6-19(14-23)17-33-35-29(28-15-20-7-1-4-11-27(20)38-28)34-26-10-3-2-9-24(26)30(35)36/h1-17H,18H2. The Bertz CT molecular complexity index is 1860. The van der Waals surface area contributed by atoms with E-state index in [4.69, 9.17) is 14.1 Å². The SMILES string of the molecule is O=c1c2ccccc2nc(-c2cc3ccccc3o2)n1N=Cc1cccc(OCc2ccc(Br)cc2Br)c1. The lowest BCUT2D eigenvalue weighted by molar-refractivity contribution is 0.305. The van der Waals surface area contributed by atoms with E-state index in [1.165, 1.54) is 4.68 Å². The zero-order chi connectivity index (χ0) is 26.1. The van der Waals surface area contributed by atoms with E-state index < -0.39 is 0 Å². The Morgan fingerprint density at radius 1 is 0.921 bits per heavy atom. The molecule has 186 valence electrons. The van der Waals surface area contributed by atoms with Crippen LogP contribution in [0.2, 0.25) is 0 Å². The highest BCUT2D eigenvalue weighted by molar-refractivity contribution is 9.11. The fourth-order valence-electron chi connectivity index (χ4n) is 4.09. The summed E-state index contributed by atoms with van der Waals surface area (Å²) in [6, 6.07) is 30.2. The predicted molar refractivity (Wildman–Crippen MR) is 157 cm³/mol. The number of ether oxygens (including phenoxy) is 1. The number of fused-ring (bicyclic) bond motifs is 2. The molecule has 0 aliphatic carbocycles. The molecular formula is C30H19Br2N3O3. The number of benzene rings is 4. The molecule has 0 saturated heterocycles. The minimum absolute atomic E-state index is 0.283. The van der Waals surface area contributed by atoms with Gasteiger partial charge in [0.25, 0.3) is 5.56 Å². The van der Waals surface area contributed by atoms with Gasteiger partial charge in [-0.05, 0) is 54.1 Å². The molecule has 2 aromatic heterocycles. The second-order valence-corrected chi connectivity index (χ2v) is 10.3. The van der Waals surface area contributed by atoms with E-state index in [1.54, 1.807) is 12.3 Å². The maximum absolute atomic E-state index is 13.5. The molecule has 0 fully saturated rings. The van der Waals surface area contributed by atoms with Gasteiger partial charge in [-0.3, -0.25) is 4.79 Å². The molecule has 0 N–H and O–H groups in total. The fourth-order valence-corrected chi connectivity index (χ4v) is 5.25. The summed E-state index contributed by atoms with van der Waals surface area (Å²) >= 11 is 7.04. The number of hydrogen-bond donors (Lipinski definition) is 0. The van der Waals surface area contributed by atoms with Crippen molar-refractivity contribution in [3.05, 3.63) is 127 Å². The Morgan fingerprint density at radius 2 is 1.76 bits per heavy atom. The van der Waals surface area contributed by atoms with Crippen LogP contribution in [-0.4, -0.2) is 15.9 Å². The lowest BCUT2D eigenvalue weighted by Crippen LogP contribution is -2.20. The third kappa shape index (κ3) is 4.92. The summed E-state index contributed by atoms with van der Waals surface area (Å²) in [7, 11) is 0. The number of halogens is 2. The topological polar surface area (TPSA) is 69.6 Å². The van der Waals surface area contributed by atoms with E-state index in [9.17, 15) is 4.79 Å². The average molecular weight is 629 g/mol. The molecule has 0 amide bonds. The van der Waals surface area contributed by atoms with Crippen LogP contribution in [-0.2, 0) is 6.61 Å². The van der Waals surface area contributed by atoms with Gasteiger partial charge in [0.05, 0.1) is 17.1 Å². The van der Waals surface area contributed by atoms with Gasteiger partial charge in [-0.1, -0.05) is 80.4 Å². The van der Waals surface area contributed by atoms with E-state index in [0.29, 0.717) is 40.4 Å². The van der Waals surface area contributed by atoms with E-state index in [0.717, 1.165) is 25.5 Å². The minimum Gasteiger partial charge on any atom is -0.489 e. The molecule has 6 rings (SSSR count).